The molecule has 2 aromatic rings. The lowest BCUT2D eigenvalue weighted by Crippen LogP contribution is -1.79. The summed E-state index contributed by atoms with van der Waals surface area (Å²) in [6, 6.07) is 2.57. The van der Waals surface area contributed by atoms with Crippen molar-refractivity contribution < 1.29 is 4.39 Å². The van der Waals surface area contributed by atoms with Crippen LogP contribution >= 0.6 is 22.9 Å². The Labute approximate surface area is 76.8 Å². The van der Waals surface area contributed by atoms with Gasteiger partial charge in [0.1, 0.15) is 5.82 Å². The first-order chi connectivity index (χ1) is 5.66. The topological polar surface area (TPSA) is 38.9 Å². The average Bonchev–Trinajstić information content (AvgIpc) is 2.29. The summed E-state index contributed by atoms with van der Waals surface area (Å²) in [6.45, 7) is 0. The van der Waals surface area contributed by atoms with Crippen molar-refractivity contribution in [3.63, 3.8) is 0 Å². The van der Waals surface area contributed by atoms with Crippen LogP contribution in [-0.4, -0.2) is 4.98 Å². The van der Waals surface area contributed by atoms with Gasteiger partial charge in [0.05, 0.1) is 15.2 Å². The van der Waals surface area contributed by atoms with Crippen LogP contribution in [0, 0.1) is 5.82 Å². The van der Waals surface area contributed by atoms with Crippen LogP contribution in [0.3, 0.4) is 0 Å². The van der Waals surface area contributed by atoms with E-state index in [9.17, 15) is 4.39 Å². The van der Waals surface area contributed by atoms with E-state index in [0.717, 1.165) is 4.70 Å². The highest BCUT2D eigenvalue weighted by atomic mass is 35.5. The zero-order valence-corrected chi connectivity index (χ0v) is 7.42. The van der Waals surface area contributed by atoms with E-state index >= 15 is 0 Å². The van der Waals surface area contributed by atoms with E-state index < -0.39 is 5.82 Å². The molecule has 2 N–H and O–H groups in total. The Morgan fingerprint density at radius 2 is 2.25 bits per heavy atom. The van der Waals surface area contributed by atoms with Crippen LogP contribution in [0.1, 0.15) is 0 Å². The van der Waals surface area contributed by atoms with Gasteiger partial charge >= 0.3 is 0 Å². The normalized spacial score (nSPS) is 10.8. The second-order valence-electron chi connectivity index (χ2n) is 2.29. The van der Waals surface area contributed by atoms with Crippen LogP contribution in [0.4, 0.5) is 9.52 Å². The van der Waals surface area contributed by atoms with Crippen LogP contribution in [0.2, 0.25) is 5.02 Å². The maximum absolute atomic E-state index is 12.7. The molecule has 62 valence electrons. The number of hydrogen-bond donors (Lipinski definition) is 1. The molecule has 2 nitrogen and oxygen atoms in total. The molecule has 1 heterocycles. The van der Waals surface area contributed by atoms with Gasteiger partial charge in [0.25, 0.3) is 0 Å². The minimum atomic E-state index is -0.391. The Morgan fingerprint density at radius 1 is 1.50 bits per heavy atom. The zero-order chi connectivity index (χ0) is 8.72. The molecule has 0 amide bonds. The van der Waals surface area contributed by atoms with Gasteiger partial charge in [-0.15, -0.1) is 0 Å². The first-order valence-electron chi connectivity index (χ1n) is 3.18. The highest BCUT2D eigenvalue weighted by molar-refractivity contribution is 7.22. The van der Waals surface area contributed by atoms with Crippen LogP contribution in [-0.2, 0) is 0 Å². The number of rotatable bonds is 0. The monoisotopic (exact) mass is 202 g/mol. The number of nitrogens with two attached hydrogens (primary N) is 1. The molecule has 0 spiro atoms. The van der Waals surface area contributed by atoms with E-state index in [1.54, 1.807) is 0 Å². The molecule has 0 saturated heterocycles. The Bertz CT molecular complexity index is 440. The van der Waals surface area contributed by atoms with E-state index in [2.05, 4.69) is 4.98 Å². The fourth-order valence-electron chi connectivity index (χ4n) is 0.977. The number of nitrogens with zero attached hydrogens (tertiary/aromatic N) is 1. The van der Waals surface area contributed by atoms with Gasteiger partial charge in [0.2, 0.25) is 0 Å². The quantitative estimate of drug-likeness (QED) is 0.714. The van der Waals surface area contributed by atoms with Crippen molar-refractivity contribution in [3.05, 3.63) is 23.0 Å². The molecular formula is C7H4ClFN2S. The molecule has 0 unspecified atom stereocenters. The van der Waals surface area contributed by atoms with E-state index in [-0.39, 0.29) is 0 Å². The first-order valence-corrected chi connectivity index (χ1v) is 4.37. The molecule has 2 rings (SSSR count). The Balaban J connectivity index is 2.88. The van der Waals surface area contributed by atoms with Gasteiger partial charge in [-0.1, -0.05) is 22.9 Å². The van der Waals surface area contributed by atoms with E-state index in [1.807, 2.05) is 0 Å². The van der Waals surface area contributed by atoms with Gasteiger partial charge in [-0.05, 0) is 6.07 Å². The van der Waals surface area contributed by atoms with Crippen LogP contribution in [0.15, 0.2) is 12.1 Å². The molecule has 12 heavy (non-hydrogen) atoms. The number of hydrogen-bond acceptors (Lipinski definition) is 3. The van der Waals surface area contributed by atoms with Crippen molar-refractivity contribution in [1.29, 1.82) is 0 Å². The summed E-state index contributed by atoms with van der Waals surface area (Å²) in [4.78, 5) is 3.91. The SMILES string of the molecule is Nc1nc2cc(F)cc(Cl)c2s1. The van der Waals surface area contributed by atoms with Gasteiger partial charge in [-0.2, -0.15) is 0 Å². The van der Waals surface area contributed by atoms with Crippen molar-refractivity contribution in [1.82, 2.24) is 4.98 Å². The predicted octanol–water partition coefficient (Wildman–Crippen LogP) is 2.67. The molecule has 1 aromatic heterocycles. The van der Waals surface area contributed by atoms with Crippen LogP contribution in [0.5, 0.6) is 0 Å². The maximum Gasteiger partial charge on any atom is 0.181 e. The van der Waals surface area contributed by atoms with Gasteiger partial charge in [-0.25, -0.2) is 9.37 Å². The fraction of sp³-hybridized carbons (Fsp3) is 0. The number of anilines is 1. The minimum absolute atomic E-state index is 0.360. The average molecular weight is 203 g/mol. The third kappa shape index (κ3) is 1.13. The number of fused-ring (bicyclic) bond motifs is 1. The standard InChI is InChI=1S/C7H4ClFN2S/c8-4-1-3(9)2-5-6(4)12-7(10)11-5/h1-2H,(H2,10,11). The minimum Gasteiger partial charge on any atom is -0.375 e. The molecule has 1 aromatic carbocycles. The number of nitrogen functional groups attached to an aromatic ring is 1. The third-order valence-corrected chi connectivity index (χ3v) is 2.77. The summed E-state index contributed by atoms with van der Waals surface area (Å²) in [5.41, 5.74) is 5.95. The second-order valence-corrected chi connectivity index (χ2v) is 3.73. The number of benzene rings is 1. The van der Waals surface area contributed by atoms with Gasteiger partial charge in [-0.3, -0.25) is 0 Å². The molecule has 0 saturated carbocycles. The lowest BCUT2D eigenvalue weighted by molar-refractivity contribution is 0.629. The predicted molar refractivity (Wildman–Crippen MR) is 49.0 cm³/mol. The molecule has 0 aliphatic heterocycles. The van der Waals surface area contributed by atoms with Crippen LogP contribution < -0.4 is 5.73 Å². The number of aromatic nitrogens is 1. The molecule has 0 aliphatic rings. The summed E-state index contributed by atoms with van der Waals surface area (Å²) in [5.74, 6) is -0.391. The van der Waals surface area contributed by atoms with Gasteiger partial charge in [0, 0.05) is 6.07 Å². The maximum atomic E-state index is 12.7. The van der Waals surface area contributed by atoms with Crippen molar-refractivity contribution in [3.8, 4) is 0 Å². The summed E-state index contributed by atoms with van der Waals surface area (Å²) in [7, 11) is 0. The molecule has 0 atom stereocenters. The molecule has 5 heteroatoms. The van der Waals surface area contributed by atoms with Crippen molar-refractivity contribution in [2.75, 3.05) is 5.73 Å². The third-order valence-electron chi connectivity index (χ3n) is 1.43. The van der Waals surface area contributed by atoms with E-state index in [4.69, 9.17) is 17.3 Å². The van der Waals surface area contributed by atoms with Crippen LogP contribution in [0.25, 0.3) is 10.2 Å². The Hall–Kier alpha value is -0.870. The molecular weight excluding hydrogens is 199 g/mol. The van der Waals surface area contributed by atoms with E-state index in [1.165, 1.54) is 23.5 Å². The molecule has 0 fully saturated rings. The molecule has 0 bridgehead atoms. The summed E-state index contributed by atoms with van der Waals surface area (Å²) in [5, 5.41) is 0.761. The molecule has 0 aliphatic carbocycles. The number of halogens is 2. The lowest BCUT2D eigenvalue weighted by Gasteiger charge is -1.91. The highest BCUT2D eigenvalue weighted by Crippen LogP contribution is 2.31. The second kappa shape index (κ2) is 2.57. The lowest BCUT2D eigenvalue weighted by atomic mass is 10.3. The summed E-state index contributed by atoms with van der Waals surface area (Å²) >= 11 is 7.01. The largest absolute Gasteiger partial charge is 0.375 e. The highest BCUT2D eigenvalue weighted by Gasteiger charge is 2.06. The van der Waals surface area contributed by atoms with Gasteiger partial charge in [0.15, 0.2) is 5.13 Å². The van der Waals surface area contributed by atoms with Crippen molar-refractivity contribution in [2.45, 2.75) is 0 Å². The van der Waals surface area contributed by atoms with Crippen molar-refractivity contribution in [2.24, 2.45) is 0 Å². The summed E-state index contributed by atoms with van der Waals surface area (Å²) in [6.07, 6.45) is 0. The first kappa shape index (κ1) is 7.76. The Morgan fingerprint density at radius 3 is 3.00 bits per heavy atom. The zero-order valence-electron chi connectivity index (χ0n) is 5.84. The smallest absolute Gasteiger partial charge is 0.181 e. The van der Waals surface area contributed by atoms with Crippen molar-refractivity contribution >= 4 is 38.3 Å². The fourth-order valence-corrected chi connectivity index (χ4v) is 2.01. The Kier molecular flexibility index (Phi) is 1.66. The van der Waals surface area contributed by atoms with Gasteiger partial charge < -0.3 is 5.73 Å². The van der Waals surface area contributed by atoms with E-state index in [0.29, 0.717) is 15.7 Å². The molecule has 0 radical (unpaired) electrons. The summed E-state index contributed by atoms with van der Waals surface area (Å²) < 4.78 is 13.5. The number of thiazole rings is 1.